The molecule has 0 aliphatic carbocycles. The molecule has 0 radical (unpaired) electrons. The Morgan fingerprint density at radius 3 is 2.56 bits per heavy atom. The minimum absolute atomic E-state index is 0.337. The fourth-order valence-corrected chi connectivity index (χ4v) is 3.60. The smallest absolute Gasteiger partial charge is 0.182 e. The Morgan fingerprint density at radius 2 is 2.00 bits per heavy atom. The number of benzene rings is 1. The summed E-state index contributed by atoms with van der Waals surface area (Å²) in [5, 5.41) is 0.869. The van der Waals surface area contributed by atoms with Gasteiger partial charge in [-0.05, 0) is 30.9 Å². The first-order chi connectivity index (χ1) is 7.41. The van der Waals surface area contributed by atoms with Gasteiger partial charge in [0.2, 0.25) is 0 Å². The summed E-state index contributed by atoms with van der Waals surface area (Å²) in [6.07, 6.45) is 1.41. The molecule has 4 heteroatoms. The SMILES string of the molecule is CC(C)c1ccc2ocnc2c1P(C)(C)=O. The number of hydrogen-bond donors (Lipinski definition) is 0. The molecule has 0 amide bonds. The van der Waals surface area contributed by atoms with Gasteiger partial charge in [0.15, 0.2) is 12.0 Å². The Balaban J connectivity index is 2.87. The Kier molecular flexibility index (Phi) is 2.67. The van der Waals surface area contributed by atoms with Crippen molar-refractivity contribution in [3.8, 4) is 0 Å². The molecule has 16 heavy (non-hydrogen) atoms. The molecule has 1 heterocycles. The molecule has 0 spiro atoms. The van der Waals surface area contributed by atoms with Crippen LogP contribution in [-0.4, -0.2) is 18.3 Å². The lowest BCUT2D eigenvalue weighted by molar-refractivity contribution is 0.588. The van der Waals surface area contributed by atoms with Crippen LogP contribution in [0.5, 0.6) is 0 Å². The van der Waals surface area contributed by atoms with Gasteiger partial charge in [0.25, 0.3) is 0 Å². The molecule has 2 rings (SSSR count). The molecule has 0 unspecified atom stereocenters. The summed E-state index contributed by atoms with van der Waals surface area (Å²) < 4.78 is 17.6. The highest BCUT2D eigenvalue weighted by molar-refractivity contribution is 7.70. The average Bonchev–Trinajstić information content (AvgIpc) is 2.61. The van der Waals surface area contributed by atoms with Crippen LogP contribution in [0.15, 0.2) is 22.9 Å². The van der Waals surface area contributed by atoms with Gasteiger partial charge in [-0.15, -0.1) is 0 Å². The van der Waals surface area contributed by atoms with Gasteiger partial charge in [0.1, 0.15) is 12.7 Å². The normalized spacial score (nSPS) is 12.6. The molecule has 86 valence electrons. The van der Waals surface area contributed by atoms with Crippen molar-refractivity contribution in [2.45, 2.75) is 19.8 Å². The molecule has 1 aromatic carbocycles. The van der Waals surface area contributed by atoms with E-state index in [1.165, 1.54) is 6.39 Å². The third-order valence-corrected chi connectivity index (χ3v) is 4.21. The molecule has 0 bridgehead atoms. The molecule has 1 aromatic heterocycles. The molecular formula is C12H16NO2P. The molecular weight excluding hydrogens is 221 g/mol. The van der Waals surface area contributed by atoms with Crippen LogP contribution < -0.4 is 5.30 Å². The molecule has 0 saturated carbocycles. The van der Waals surface area contributed by atoms with Gasteiger partial charge in [0, 0.05) is 5.30 Å². The first-order valence-electron chi connectivity index (χ1n) is 5.33. The predicted octanol–water partition coefficient (Wildman–Crippen LogP) is 3.20. The van der Waals surface area contributed by atoms with Crippen LogP contribution >= 0.6 is 7.14 Å². The third kappa shape index (κ3) is 1.80. The van der Waals surface area contributed by atoms with E-state index in [-0.39, 0.29) is 0 Å². The predicted molar refractivity (Wildman–Crippen MR) is 67.2 cm³/mol. The second kappa shape index (κ2) is 3.74. The van der Waals surface area contributed by atoms with E-state index < -0.39 is 7.14 Å². The van der Waals surface area contributed by atoms with Crippen molar-refractivity contribution < 1.29 is 8.98 Å². The van der Waals surface area contributed by atoms with Crippen LogP contribution in [0, 0.1) is 0 Å². The van der Waals surface area contributed by atoms with E-state index in [2.05, 4.69) is 18.8 Å². The highest BCUT2D eigenvalue weighted by atomic mass is 31.2. The molecule has 3 nitrogen and oxygen atoms in total. The zero-order valence-electron chi connectivity index (χ0n) is 10.0. The van der Waals surface area contributed by atoms with Crippen molar-refractivity contribution in [2.24, 2.45) is 0 Å². The van der Waals surface area contributed by atoms with Gasteiger partial charge in [-0.25, -0.2) is 4.98 Å². The van der Waals surface area contributed by atoms with Gasteiger partial charge in [-0.2, -0.15) is 0 Å². The Bertz CT molecular complexity index is 565. The van der Waals surface area contributed by atoms with Gasteiger partial charge >= 0.3 is 0 Å². The summed E-state index contributed by atoms with van der Waals surface area (Å²) in [5.41, 5.74) is 2.57. The van der Waals surface area contributed by atoms with Gasteiger partial charge in [-0.3, -0.25) is 0 Å². The number of nitrogens with zero attached hydrogens (tertiary/aromatic N) is 1. The van der Waals surface area contributed by atoms with E-state index >= 15 is 0 Å². The standard InChI is InChI=1S/C12H16NO2P/c1-8(2)9-5-6-10-11(13-7-15-10)12(9)16(3,4)14/h5-8H,1-4H3. The van der Waals surface area contributed by atoms with Crippen LogP contribution in [0.4, 0.5) is 0 Å². The van der Waals surface area contributed by atoms with E-state index in [4.69, 9.17) is 4.42 Å². The van der Waals surface area contributed by atoms with Crippen LogP contribution in [0.2, 0.25) is 0 Å². The van der Waals surface area contributed by atoms with Crippen molar-refractivity contribution >= 4 is 23.5 Å². The molecule has 0 N–H and O–H groups in total. The fraction of sp³-hybridized carbons (Fsp3) is 0.417. The highest BCUT2D eigenvalue weighted by Crippen LogP contribution is 2.40. The molecule has 0 aliphatic heterocycles. The Morgan fingerprint density at radius 1 is 1.31 bits per heavy atom. The third-order valence-electron chi connectivity index (χ3n) is 2.67. The molecule has 0 fully saturated rings. The summed E-state index contributed by atoms with van der Waals surface area (Å²) in [4.78, 5) is 4.19. The summed E-state index contributed by atoms with van der Waals surface area (Å²) in [6.45, 7) is 7.76. The van der Waals surface area contributed by atoms with E-state index in [0.29, 0.717) is 11.5 Å². The Hall–Kier alpha value is -1.08. The molecule has 0 atom stereocenters. The topological polar surface area (TPSA) is 43.1 Å². The zero-order valence-corrected chi connectivity index (χ0v) is 10.9. The van der Waals surface area contributed by atoms with E-state index in [1.807, 2.05) is 12.1 Å². The first-order valence-corrected chi connectivity index (χ1v) is 7.93. The minimum Gasteiger partial charge on any atom is -0.443 e. The lowest BCUT2D eigenvalue weighted by Crippen LogP contribution is -2.13. The van der Waals surface area contributed by atoms with Crippen molar-refractivity contribution in [3.05, 3.63) is 24.1 Å². The Labute approximate surface area is 95.2 Å². The van der Waals surface area contributed by atoms with Crippen LogP contribution in [-0.2, 0) is 4.57 Å². The fourth-order valence-electron chi connectivity index (χ4n) is 1.96. The van der Waals surface area contributed by atoms with Crippen LogP contribution in [0.1, 0.15) is 25.3 Å². The first kappa shape index (κ1) is 11.4. The van der Waals surface area contributed by atoms with Crippen molar-refractivity contribution in [1.29, 1.82) is 0 Å². The van der Waals surface area contributed by atoms with Crippen molar-refractivity contribution in [2.75, 3.05) is 13.3 Å². The van der Waals surface area contributed by atoms with Crippen LogP contribution in [0.25, 0.3) is 11.1 Å². The van der Waals surface area contributed by atoms with Gasteiger partial charge < -0.3 is 8.98 Å². The second-order valence-corrected chi connectivity index (χ2v) is 7.86. The summed E-state index contributed by atoms with van der Waals surface area (Å²) in [6, 6.07) is 3.89. The lowest BCUT2D eigenvalue weighted by Gasteiger charge is -2.16. The van der Waals surface area contributed by atoms with Crippen molar-refractivity contribution in [3.63, 3.8) is 0 Å². The van der Waals surface area contributed by atoms with E-state index in [1.54, 1.807) is 13.3 Å². The number of aromatic nitrogens is 1. The minimum atomic E-state index is -2.34. The van der Waals surface area contributed by atoms with Gasteiger partial charge in [-0.1, -0.05) is 19.9 Å². The van der Waals surface area contributed by atoms with Crippen LogP contribution in [0.3, 0.4) is 0 Å². The molecule has 0 aliphatic rings. The quantitative estimate of drug-likeness (QED) is 0.753. The molecule has 0 saturated heterocycles. The maximum Gasteiger partial charge on any atom is 0.182 e. The van der Waals surface area contributed by atoms with Gasteiger partial charge in [0.05, 0.1) is 0 Å². The maximum absolute atomic E-state index is 12.4. The monoisotopic (exact) mass is 237 g/mol. The maximum atomic E-state index is 12.4. The summed E-state index contributed by atoms with van der Waals surface area (Å²) in [7, 11) is -2.34. The van der Waals surface area contributed by atoms with Crippen molar-refractivity contribution in [1.82, 2.24) is 4.98 Å². The highest BCUT2D eigenvalue weighted by Gasteiger charge is 2.23. The van der Waals surface area contributed by atoms with E-state index in [0.717, 1.165) is 16.4 Å². The average molecular weight is 237 g/mol. The molecule has 2 aromatic rings. The number of oxazole rings is 1. The van der Waals surface area contributed by atoms with E-state index in [9.17, 15) is 4.57 Å². The summed E-state index contributed by atoms with van der Waals surface area (Å²) >= 11 is 0. The number of hydrogen-bond acceptors (Lipinski definition) is 3. The second-order valence-electron chi connectivity index (χ2n) is 4.71. The zero-order chi connectivity index (χ0) is 11.9. The lowest BCUT2D eigenvalue weighted by atomic mass is 10.0. The summed E-state index contributed by atoms with van der Waals surface area (Å²) in [5.74, 6) is 0.337. The number of rotatable bonds is 2. The largest absolute Gasteiger partial charge is 0.443 e. The number of fused-ring (bicyclic) bond motifs is 1.